The first-order chi connectivity index (χ1) is 28.5. The van der Waals surface area contributed by atoms with E-state index in [9.17, 15) is 15.3 Å². The van der Waals surface area contributed by atoms with Gasteiger partial charge in [-0.05, 0) is 138 Å². The summed E-state index contributed by atoms with van der Waals surface area (Å²) in [5, 5.41) is 35.6. The molecule has 1 aliphatic carbocycles. The zero-order valence-electron chi connectivity index (χ0n) is 43.4. The second-order valence-electron chi connectivity index (χ2n) is 25.5. The van der Waals surface area contributed by atoms with E-state index in [0.29, 0.717) is 17.2 Å². The lowest BCUT2D eigenvalue weighted by atomic mass is 9.55. The van der Waals surface area contributed by atoms with Crippen LogP contribution in [0.4, 0.5) is 0 Å². The van der Waals surface area contributed by atoms with E-state index in [4.69, 9.17) is 0 Å². The molecule has 0 saturated heterocycles. The lowest BCUT2D eigenvalue weighted by Gasteiger charge is -2.48. The smallest absolute Gasteiger partial charge is 0.123 e. The van der Waals surface area contributed by atoms with Crippen molar-refractivity contribution in [2.75, 3.05) is 0 Å². The van der Waals surface area contributed by atoms with Gasteiger partial charge in [0.15, 0.2) is 0 Å². The van der Waals surface area contributed by atoms with Gasteiger partial charge in [0.2, 0.25) is 0 Å². The summed E-state index contributed by atoms with van der Waals surface area (Å²) < 4.78 is 0. The molecule has 4 aromatic rings. The molecular formula is C60H84O3. The van der Waals surface area contributed by atoms with Gasteiger partial charge in [0, 0.05) is 5.41 Å². The molecule has 2 atom stereocenters. The van der Waals surface area contributed by atoms with Crippen LogP contribution in [0.25, 0.3) is 0 Å². The molecular weight excluding hydrogens is 769 g/mol. The van der Waals surface area contributed by atoms with Gasteiger partial charge in [-0.15, -0.1) is 0 Å². The van der Waals surface area contributed by atoms with Crippen molar-refractivity contribution >= 4 is 0 Å². The highest BCUT2D eigenvalue weighted by Gasteiger charge is 2.46. The molecule has 4 aromatic carbocycles. The molecule has 3 N–H and O–H groups in total. The first-order valence-electron chi connectivity index (χ1n) is 23.6. The lowest BCUT2D eigenvalue weighted by Crippen LogP contribution is -2.42. The minimum Gasteiger partial charge on any atom is -0.507 e. The maximum absolute atomic E-state index is 11.9. The summed E-state index contributed by atoms with van der Waals surface area (Å²) in [5.74, 6) is 1.31. The second kappa shape index (κ2) is 16.6. The number of allylic oxidation sites excluding steroid dienone is 4. The largest absolute Gasteiger partial charge is 0.507 e. The summed E-state index contributed by atoms with van der Waals surface area (Å²) in [5.41, 5.74) is 14.3. The maximum Gasteiger partial charge on any atom is 0.123 e. The predicted molar refractivity (Wildman–Crippen MR) is 270 cm³/mol. The zero-order valence-corrected chi connectivity index (χ0v) is 43.4. The van der Waals surface area contributed by atoms with Crippen LogP contribution in [0.2, 0.25) is 0 Å². The molecule has 0 aliphatic heterocycles. The molecule has 0 radical (unpaired) electrons. The van der Waals surface area contributed by atoms with Gasteiger partial charge in [-0.25, -0.2) is 0 Å². The van der Waals surface area contributed by atoms with E-state index in [2.05, 4.69) is 212 Å². The maximum atomic E-state index is 11.9. The first-order valence-corrected chi connectivity index (χ1v) is 23.6. The van der Waals surface area contributed by atoms with Crippen LogP contribution in [-0.4, -0.2) is 15.3 Å². The van der Waals surface area contributed by atoms with Crippen LogP contribution in [0.15, 0.2) is 89.0 Å². The number of phenols is 3. The van der Waals surface area contributed by atoms with Crippen molar-refractivity contribution in [2.24, 2.45) is 5.92 Å². The second-order valence-corrected chi connectivity index (χ2v) is 25.5. The third-order valence-corrected chi connectivity index (χ3v) is 14.2. The third kappa shape index (κ3) is 9.89. The Hall–Kier alpha value is -4.24. The number of hydrogen-bond donors (Lipinski definition) is 3. The molecule has 342 valence electrons. The van der Waals surface area contributed by atoms with Crippen LogP contribution in [0.1, 0.15) is 201 Å². The van der Waals surface area contributed by atoms with Crippen LogP contribution < -0.4 is 0 Å². The molecule has 2 unspecified atom stereocenters. The molecule has 0 fully saturated rings. The van der Waals surface area contributed by atoms with Gasteiger partial charge in [0.25, 0.3) is 0 Å². The molecule has 1 aliphatic rings. The highest BCUT2D eigenvalue weighted by atomic mass is 16.3. The summed E-state index contributed by atoms with van der Waals surface area (Å²) in [6, 6.07) is 24.8. The Morgan fingerprint density at radius 2 is 0.746 bits per heavy atom. The summed E-state index contributed by atoms with van der Waals surface area (Å²) >= 11 is 0. The van der Waals surface area contributed by atoms with Crippen molar-refractivity contribution in [3.63, 3.8) is 0 Å². The number of rotatable bonds is 7. The van der Waals surface area contributed by atoms with E-state index in [1.807, 2.05) is 0 Å². The number of phenolic OH excluding ortho intramolecular Hbond substituents is 3. The van der Waals surface area contributed by atoms with Crippen LogP contribution in [-0.2, 0) is 57.2 Å². The lowest BCUT2D eigenvalue weighted by molar-refractivity contribution is 0.357. The fourth-order valence-corrected chi connectivity index (χ4v) is 10.4. The highest BCUT2D eigenvalue weighted by Crippen LogP contribution is 2.54. The van der Waals surface area contributed by atoms with Crippen LogP contribution in [0, 0.1) is 5.92 Å². The summed E-state index contributed by atoms with van der Waals surface area (Å²) in [4.78, 5) is 0. The Balaban J connectivity index is 1.93. The van der Waals surface area contributed by atoms with E-state index >= 15 is 0 Å². The topological polar surface area (TPSA) is 60.7 Å². The summed E-state index contributed by atoms with van der Waals surface area (Å²) in [6.07, 6.45) is 2.22. The van der Waals surface area contributed by atoms with Crippen molar-refractivity contribution in [3.8, 4) is 17.2 Å². The third-order valence-electron chi connectivity index (χ3n) is 14.2. The van der Waals surface area contributed by atoms with Crippen molar-refractivity contribution in [1.82, 2.24) is 0 Å². The van der Waals surface area contributed by atoms with Gasteiger partial charge in [0.1, 0.15) is 17.2 Å². The van der Waals surface area contributed by atoms with E-state index in [1.54, 1.807) is 0 Å². The molecule has 0 heterocycles. The van der Waals surface area contributed by atoms with Crippen molar-refractivity contribution in [2.45, 2.75) is 203 Å². The van der Waals surface area contributed by atoms with E-state index < -0.39 is 5.41 Å². The quantitative estimate of drug-likeness (QED) is 0.174. The summed E-state index contributed by atoms with van der Waals surface area (Å²) in [7, 11) is 0. The Labute approximate surface area is 384 Å². The minimum atomic E-state index is -0.444. The zero-order chi connectivity index (χ0) is 47.8. The fraction of sp³-hybridized carbons (Fsp3) is 0.533. The Bertz CT molecular complexity index is 2310. The Morgan fingerprint density at radius 3 is 1.06 bits per heavy atom. The predicted octanol–water partition coefficient (Wildman–Crippen LogP) is 15.8. The molecule has 0 spiro atoms. The fourth-order valence-electron chi connectivity index (χ4n) is 10.4. The molecule has 3 nitrogen and oxygen atoms in total. The van der Waals surface area contributed by atoms with Crippen LogP contribution >= 0.6 is 0 Å². The molecule has 5 rings (SSSR count). The Morgan fingerprint density at radius 1 is 0.444 bits per heavy atom. The monoisotopic (exact) mass is 853 g/mol. The SMILES string of the molecule is CC1=C(Cc2cc(C(C)(C)C)c(O)c(C(C)(C)C)c2)C(C)C(Cc2cc(C(C)(C)C)c(O)c(C(C)(C)C)c2)(c2ccccc2)C(C)=C1Cc1cc(C(C)(C)C)c(O)c(C(C)(C)C)c1. The van der Waals surface area contributed by atoms with Crippen molar-refractivity contribution < 1.29 is 15.3 Å². The minimum absolute atomic E-state index is 0.0914. The number of benzene rings is 4. The van der Waals surface area contributed by atoms with Crippen LogP contribution in [0.3, 0.4) is 0 Å². The molecule has 0 aromatic heterocycles. The van der Waals surface area contributed by atoms with Crippen LogP contribution in [0.5, 0.6) is 17.2 Å². The van der Waals surface area contributed by atoms with E-state index in [1.165, 1.54) is 44.5 Å². The van der Waals surface area contributed by atoms with Gasteiger partial charge >= 0.3 is 0 Å². The van der Waals surface area contributed by atoms with Crippen molar-refractivity contribution in [3.05, 3.63) is 145 Å². The van der Waals surface area contributed by atoms with Gasteiger partial charge in [-0.3, -0.25) is 0 Å². The standard InChI is InChI=1S/C60H84O3/c1-36-43(27-39-29-45(54(4,5)6)51(61)46(30-39)55(7,8)9)37(2)60(42-25-23-22-24-26-42,35-41-33-49(58(16,17)18)53(63)50(34-41)59(19,20)21)38(3)44(36)28-40-31-47(56(10,11)12)52(62)48(32-40)57(13,14)15/h22-26,29-34,37,61-63H,27-28,35H2,1-21H3. The average Bonchev–Trinajstić information content (AvgIpc) is 3.12. The van der Waals surface area contributed by atoms with E-state index in [0.717, 1.165) is 52.6 Å². The number of hydrogen-bond acceptors (Lipinski definition) is 3. The highest BCUT2D eigenvalue weighted by molar-refractivity contribution is 5.60. The molecule has 3 heteroatoms. The number of aromatic hydroxyl groups is 3. The van der Waals surface area contributed by atoms with E-state index in [-0.39, 0.29) is 38.4 Å². The molecule has 0 bridgehead atoms. The average molecular weight is 853 g/mol. The van der Waals surface area contributed by atoms with Gasteiger partial charge in [0.05, 0.1) is 0 Å². The van der Waals surface area contributed by atoms with Gasteiger partial charge in [-0.2, -0.15) is 0 Å². The summed E-state index contributed by atoms with van der Waals surface area (Å²) in [6.45, 7) is 46.7. The first kappa shape index (κ1) is 49.8. The van der Waals surface area contributed by atoms with Crippen molar-refractivity contribution in [1.29, 1.82) is 0 Å². The molecule has 0 amide bonds. The molecule has 0 saturated carbocycles. The Kier molecular flexibility index (Phi) is 13.1. The van der Waals surface area contributed by atoms with Gasteiger partial charge < -0.3 is 15.3 Å². The van der Waals surface area contributed by atoms with Gasteiger partial charge in [-0.1, -0.05) is 209 Å². The molecule has 63 heavy (non-hydrogen) atoms. The normalized spacial score (nSPS) is 18.4.